The van der Waals surface area contributed by atoms with Crippen LogP contribution >= 0.6 is 15.9 Å². The van der Waals surface area contributed by atoms with Crippen molar-refractivity contribution in [2.24, 2.45) is 5.92 Å². The maximum absolute atomic E-state index is 13.6. The van der Waals surface area contributed by atoms with Crippen molar-refractivity contribution in [3.05, 3.63) is 40.8 Å². The molecule has 0 aliphatic rings. The Kier molecular flexibility index (Phi) is 5.38. The largest absolute Gasteiger partial charge is 0.394 e. The fraction of sp³-hybridized carbons (Fsp3) is 0.353. The van der Waals surface area contributed by atoms with Crippen molar-refractivity contribution in [3.8, 4) is 0 Å². The van der Waals surface area contributed by atoms with Crippen LogP contribution in [0.25, 0.3) is 5.65 Å². The lowest BCUT2D eigenvalue weighted by Crippen LogP contribution is -2.31. The topological polar surface area (TPSA) is 78.6 Å². The Morgan fingerprint density at radius 3 is 2.77 bits per heavy atom. The third kappa shape index (κ3) is 3.63. The summed E-state index contributed by atoms with van der Waals surface area (Å²) in [5, 5.41) is 17.0. The highest BCUT2D eigenvalue weighted by atomic mass is 79.9. The number of aliphatic hydroxyl groups is 1. The molecule has 0 amide bonds. The van der Waals surface area contributed by atoms with Crippen molar-refractivity contribution >= 4 is 39.2 Å². The molecule has 26 heavy (non-hydrogen) atoms. The second-order valence-electron chi connectivity index (χ2n) is 6.29. The van der Waals surface area contributed by atoms with E-state index in [1.807, 2.05) is 13.8 Å². The molecule has 0 fully saturated rings. The Morgan fingerprint density at radius 2 is 2.12 bits per heavy atom. The van der Waals surface area contributed by atoms with Crippen LogP contribution in [0.15, 0.2) is 34.9 Å². The Morgan fingerprint density at radius 1 is 1.35 bits per heavy atom. The fourth-order valence-electron chi connectivity index (χ4n) is 2.51. The highest BCUT2D eigenvalue weighted by Crippen LogP contribution is 2.27. The number of rotatable bonds is 6. The number of nitrogens with one attached hydrogen (secondary N) is 1. The van der Waals surface area contributed by atoms with E-state index in [2.05, 4.69) is 36.3 Å². The molecule has 0 aliphatic heterocycles. The van der Waals surface area contributed by atoms with E-state index >= 15 is 0 Å². The van der Waals surface area contributed by atoms with Crippen LogP contribution in [-0.4, -0.2) is 44.4 Å². The van der Waals surface area contributed by atoms with Crippen LogP contribution in [-0.2, 0) is 0 Å². The summed E-state index contributed by atoms with van der Waals surface area (Å²) in [6.07, 6.45) is 1.63. The molecule has 0 saturated carbocycles. The monoisotopic (exact) mass is 422 g/mol. The summed E-state index contributed by atoms with van der Waals surface area (Å²) in [5.41, 5.74) is 1.20. The number of benzene rings is 1. The molecule has 1 unspecified atom stereocenters. The minimum absolute atomic E-state index is 0.0400. The van der Waals surface area contributed by atoms with Gasteiger partial charge in [0, 0.05) is 12.7 Å². The molecule has 0 bridgehead atoms. The summed E-state index contributed by atoms with van der Waals surface area (Å²) < 4.78 is 15.9. The quantitative estimate of drug-likeness (QED) is 0.634. The maximum atomic E-state index is 13.6. The molecule has 3 aromatic rings. The summed E-state index contributed by atoms with van der Waals surface area (Å²) in [6.45, 7) is 3.96. The molecule has 0 aliphatic carbocycles. The van der Waals surface area contributed by atoms with E-state index in [-0.39, 0.29) is 24.4 Å². The smallest absolute Gasteiger partial charge is 0.236 e. The molecule has 0 saturated heterocycles. The van der Waals surface area contributed by atoms with Crippen LogP contribution in [0.4, 0.5) is 22.0 Å². The second-order valence-corrected chi connectivity index (χ2v) is 7.15. The summed E-state index contributed by atoms with van der Waals surface area (Å²) in [4.78, 5) is 10.7. The highest BCUT2D eigenvalue weighted by Gasteiger charge is 2.19. The number of aliphatic hydroxyl groups excluding tert-OH is 1. The zero-order valence-electron chi connectivity index (χ0n) is 14.7. The normalized spacial score (nSPS) is 12.6. The average molecular weight is 423 g/mol. The van der Waals surface area contributed by atoms with Crippen molar-refractivity contribution in [1.82, 2.24) is 19.6 Å². The minimum Gasteiger partial charge on any atom is -0.394 e. The maximum Gasteiger partial charge on any atom is 0.236 e. The molecule has 138 valence electrons. The van der Waals surface area contributed by atoms with Gasteiger partial charge in [-0.2, -0.15) is 19.6 Å². The van der Waals surface area contributed by atoms with E-state index in [9.17, 15) is 9.50 Å². The second kappa shape index (κ2) is 7.55. The summed E-state index contributed by atoms with van der Waals surface area (Å²) in [6, 6.07) is 6.04. The fourth-order valence-corrected chi connectivity index (χ4v) is 2.86. The average Bonchev–Trinajstić information content (AvgIpc) is 2.99. The first-order chi connectivity index (χ1) is 12.4. The number of anilines is 3. The van der Waals surface area contributed by atoms with Gasteiger partial charge in [0.1, 0.15) is 5.82 Å². The van der Waals surface area contributed by atoms with Gasteiger partial charge in [-0.3, -0.25) is 0 Å². The van der Waals surface area contributed by atoms with Crippen LogP contribution in [0.1, 0.15) is 13.8 Å². The number of aromatic nitrogens is 4. The molecule has 2 heterocycles. The van der Waals surface area contributed by atoms with Crippen molar-refractivity contribution in [2.75, 3.05) is 23.9 Å². The molecular weight excluding hydrogens is 403 g/mol. The van der Waals surface area contributed by atoms with Gasteiger partial charge in [-0.1, -0.05) is 19.9 Å². The minimum atomic E-state index is -0.334. The Balaban J connectivity index is 2.08. The Hall–Kier alpha value is -2.26. The Labute approximate surface area is 159 Å². The van der Waals surface area contributed by atoms with Gasteiger partial charge in [0.05, 0.1) is 23.3 Å². The molecule has 9 heteroatoms. The SMILES string of the molecule is CC(C)C(CO)Nc1nc(N(C)c2cccc(F)c2)n2ncc(Br)c2n1. The van der Waals surface area contributed by atoms with Crippen LogP contribution in [0.2, 0.25) is 0 Å². The zero-order chi connectivity index (χ0) is 18.8. The van der Waals surface area contributed by atoms with Crippen molar-refractivity contribution in [2.45, 2.75) is 19.9 Å². The van der Waals surface area contributed by atoms with E-state index in [0.717, 1.165) is 0 Å². The third-order valence-electron chi connectivity index (χ3n) is 4.12. The molecular formula is C17H20BrFN6O. The first-order valence-electron chi connectivity index (χ1n) is 8.18. The van der Waals surface area contributed by atoms with E-state index in [1.54, 1.807) is 34.8 Å². The number of halogens is 2. The lowest BCUT2D eigenvalue weighted by molar-refractivity contribution is 0.248. The highest BCUT2D eigenvalue weighted by molar-refractivity contribution is 9.10. The molecule has 0 spiro atoms. The predicted octanol–water partition coefficient (Wildman–Crippen LogP) is 3.22. The summed E-state index contributed by atoms with van der Waals surface area (Å²) in [5.74, 6) is 0.691. The van der Waals surface area contributed by atoms with E-state index in [0.29, 0.717) is 27.7 Å². The third-order valence-corrected chi connectivity index (χ3v) is 4.68. The number of hydrogen-bond donors (Lipinski definition) is 2. The van der Waals surface area contributed by atoms with Gasteiger partial charge in [0.25, 0.3) is 0 Å². The van der Waals surface area contributed by atoms with Crippen LogP contribution in [0.3, 0.4) is 0 Å². The van der Waals surface area contributed by atoms with Crippen LogP contribution in [0, 0.1) is 11.7 Å². The first kappa shape index (κ1) is 18.5. The molecule has 1 atom stereocenters. The number of fused-ring (bicyclic) bond motifs is 1. The van der Waals surface area contributed by atoms with Crippen molar-refractivity contribution in [3.63, 3.8) is 0 Å². The molecule has 2 aromatic heterocycles. The molecule has 1 aromatic carbocycles. The Bertz CT molecular complexity index is 915. The molecule has 3 rings (SSSR count). The van der Waals surface area contributed by atoms with E-state index in [4.69, 9.17) is 0 Å². The standard InChI is InChI=1S/C17H20BrFN6O/c1-10(2)14(9-26)21-16-22-15-13(18)8-20-25(15)17(23-16)24(3)12-6-4-5-11(19)7-12/h4-8,10,14,26H,9H2,1-3H3,(H,21,22). The van der Waals surface area contributed by atoms with Gasteiger partial charge < -0.3 is 15.3 Å². The number of hydrogen-bond acceptors (Lipinski definition) is 6. The number of nitrogens with zero attached hydrogens (tertiary/aromatic N) is 5. The van der Waals surface area contributed by atoms with E-state index < -0.39 is 0 Å². The predicted molar refractivity (Wildman–Crippen MR) is 102 cm³/mol. The summed E-state index contributed by atoms with van der Waals surface area (Å²) in [7, 11) is 1.78. The lowest BCUT2D eigenvalue weighted by Gasteiger charge is -2.22. The van der Waals surface area contributed by atoms with Gasteiger partial charge in [-0.15, -0.1) is 0 Å². The van der Waals surface area contributed by atoms with Crippen molar-refractivity contribution in [1.29, 1.82) is 0 Å². The van der Waals surface area contributed by atoms with E-state index in [1.165, 1.54) is 12.1 Å². The zero-order valence-corrected chi connectivity index (χ0v) is 16.3. The lowest BCUT2D eigenvalue weighted by atomic mass is 10.1. The van der Waals surface area contributed by atoms with Crippen LogP contribution < -0.4 is 10.2 Å². The summed E-state index contributed by atoms with van der Waals surface area (Å²) >= 11 is 3.44. The van der Waals surface area contributed by atoms with Gasteiger partial charge in [0.2, 0.25) is 11.9 Å². The molecule has 7 nitrogen and oxygen atoms in total. The van der Waals surface area contributed by atoms with Crippen molar-refractivity contribution < 1.29 is 9.50 Å². The van der Waals surface area contributed by atoms with Gasteiger partial charge >= 0.3 is 0 Å². The van der Waals surface area contributed by atoms with Crippen LogP contribution in [0.5, 0.6) is 0 Å². The molecule has 0 radical (unpaired) electrons. The molecule has 2 N–H and O–H groups in total. The van der Waals surface area contributed by atoms with Gasteiger partial charge in [-0.25, -0.2) is 4.39 Å². The van der Waals surface area contributed by atoms with Gasteiger partial charge in [0.15, 0.2) is 5.65 Å². The van der Waals surface area contributed by atoms with Gasteiger partial charge in [-0.05, 0) is 40.0 Å². The first-order valence-corrected chi connectivity index (χ1v) is 8.98.